The summed E-state index contributed by atoms with van der Waals surface area (Å²) in [7, 11) is 1.79. The fraction of sp³-hybridized carbons (Fsp3) is 0.273. The number of hydrogen-bond acceptors (Lipinski definition) is 3. The van der Waals surface area contributed by atoms with Gasteiger partial charge in [0.1, 0.15) is 0 Å². The number of carbonyl (C=O) groups excluding carboxylic acids is 2. The third kappa shape index (κ3) is 3.93. The van der Waals surface area contributed by atoms with Gasteiger partial charge in [-0.15, -0.1) is 0 Å². The molecule has 0 aliphatic rings. The number of rotatable bonds is 6. The highest BCUT2D eigenvalue weighted by Gasteiger charge is 2.23. The molecular formula is C22H25N3O2. The summed E-state index contributed by atoms with van der Waals surface area (Å²) >= 11 is 0. The Bertz CT molecular complexity index is 970. The molecule has 1 aromatic heterocycles. The molecule has 3 rings (SSSR count). The second-order valence-corrected chi connectivity index (χ2v) is 7.02. The predicted molar refractivity (Wildman–Crippen MR) is 109 cm³/mol. The minimum absolute atomic E-state index is 0.00479. The van der Waals surface area contributed by atoms with Crippen molar-refractivity contribution in [1.82, 2.24) is 9.88 Å². The number of H-pyrrole nitrogens is 1. The van der Waals surface area contributed by atoms with E-state index in [0.717, 1.165) is 27.7 Å². The number of anilines is 1. The molecule has 2 N–H and O–H groups in total. The highest BCUT2D eigenvalue weighted by atomic mass is 16.2. The number of aromatic nitrogens is 1. The topological polar surface area (TPSA) is 65.2 Å². The molecule has 0 fully saturated rings. The Morgan fingerprint density at radius 2 is 1.74 bits per heavy atom. The molecule has 3 aromatic rings. The van der Waals surface area contributed by atoms with E-state index in [0.29, 0.717) is 5.56 Å². The van der Waals surface area contributed by atoms with Crippen LogP contribution in [0.25, 0.3) is 10.9 Å². The van der Waals surface area contributed by atoms with Crippen LogP contribution in [-0.2, 0) is 4.79 Å². The second-order valence-electron chi connectivity index (χ2n) is 7.02. The van der Waals surface area contributed by atoms with Gasteiger partial charge in [0.05, 0.1) is 12.6 Å². The molecule has 0 saturated carbocycles. The van der Waals surface area contributed by atoms with E-state index >= 15 is 0 Å². The average Bonchev–Trinajstić information content (AvgIpc) is 3.07. The molecule has 1 amide bonds. The van der Waals surface area contributed by atoms with Crippen molar-refractivity contribution >= 4 is 28.3 Å². The summed E-state index contributed by atoms with van der Waals surface area (Å²) in [6.45, 7) is 5.91. The molecule has 27 heavy (non-hydrogen) atoms. The fourth-order valence-corrected chi connectivity index (χ4v) is 3.25. The highest BCUT2D eigenvalue weighted by Crippen LogP contribution is 2.21. The Morgan fingerprint density at radius 1 is 1.07 bits per heavy atom. The zero-order valence-corrected chi connectivity index (χ0v) is 16.2. The van der Waals surface area contributed by atoms with Gasteiger partial charge in [0.25, 0.3) is 0 Å². The zero-order chi connectivity index (χ0) is 19.6. The van der Waals surface area contributed by atoms with E-state index in [4.69, 9.17) is 0 Å². The zero-order valence-electron chi connectivity index (χ0n) is 16.2. The first-order chi connectivity index (χ1) is 12.9. The number of nitrogens with one attached hydrogen (secondary N) is 2. The Morgan fingerprint density at radius 3 is 2.44 bits per heavy atom. The lowest BCUT2D eigenvalue weighted by molar-refractivity contribution is -0.117. The quantitative estimate of drug-likeness (QED) is 0.652. The van der Waals surface area contributed by atoms with Gasteiger partial charge in [-0.2, -0.15) is 0 Å². The minimum Gasteiger partial charge on any atom is -0.360 e. The third-order valence-electron chi connectivity index (χ3n) is 5.03. The van der Waals surface area contributed by atoms with Crippen LogP contribution in [0, 0.1) is 13.8 Å². The van der Waals surface area contributed by atoms with Crippen LogP contribution in [-0.4, -0.2) is 41.2 Å². The summed E-state index contributed by atoms with van der Waals surface area (Å²) < 4.78 is 0. The van der Waals surface area contributed by atoms with E-state index in [1.54, 1.807) is 18.1 Å². The van der Waals surface area contributed by atoms with Crippen LogP contribution in [0.4, 0.5) is 5.69 Å². The van der Waals surface area contributed by atoms with Gasteiger partial charge in [0.2, 0.25) is 5.91 Å². The summed E-state index contributed by atoms with van der Waals surface area (Å²) in [5, 5.41) is 3.87. The molecule has 0 spiro atoms. The Labute approximate surface area is 159 Å². The second kappa shape index (κ2) is 7.76. The first kappa shape index (κ1) is 18.9. The average molecular weight is 363 g/mol. The monoisotopic (exact) mass is 363 g/mol. The molecule has 0 saturated heterocycles. The van der Waals surface area contributed by atoms with Gasteiger partial charge in [-0.25, -0.2) is 0 Å². The van der Waals surface area contributed by atoms with Gasteiger partial charge in [0.15, 0.2) is 5.78 Å². The smallest absolute Gasteiger partial charge is 0.238 e. The summed E-state index contributed by atoms with van der Waals surface area (Å²) in [6.07, 6.45) is 1.74. The van der Waals surface area contributed by atoms with Crippen molar-refractivity contribution in [3.63, 3.8) is 0 Å². The number of ketones is 1. The normalized spacial score (nSPS) is 12.3. The lowest BCUT2D eigenvalue weighted by Gasteiger charge is -2.23. The molecule has 140 valence electrons. The van der Waals surface area contributed by atoms with Crippen LogP contribution in [0.2, 0.25) is 0 Å². The van der Waals surface area contributed by atoms with Crippen molar-refractivity contribution < 1.29 is 9.59 Å². The van der Waals surface area contributed by atoms with E-state index in [2.05, 4.69) is 10.3 Å². The van der Waals surface area contributed by atoms with Gasteiger partial charge in [-0.1, -0.05) is 36.4 Å². The summed E-state index contributed by atoms with van der Waals surface area (Å²) in [4.78, 5) is 30.3. The molecular weight excluding hydrogens is 338 g/mol. The largest absolute Gasteiger partial charge is 0.360 e. The van der Waals surface area contributed by atoms with Crippen LogP contribution in [0.1, 0.15) is 28.4 Å². The van der Waals surface area contributed by atoms with E-state index in [-0.39, 0.29) is 18.2 Å². The van der Waals surface area contributed by atoms with Gasteiger partial charge in [-0.3, -0.25) is 14.5 Å². The molecule has 1 heterocycles. The molecule has 2 aromatic carbocycles. The van der Waals surface area contributed by atoms with Crippen molar-refractivity contribution in [3.05, 3.63) is 65.4 Å². The predicted octanol–water partition coefficient (Wildman–Crippen LogP) is 3.93. The van der Waals surface area contributed by atoms with Crippen molar-refractivity contribution in [2.45, 2.75) is 26.8 Å². The van der Waals surface area contributed by atoms with Crippen LogP contribution in [0.15, 0.2) is 48.7 Å². The molecule has 0 aliphatic heterocycles. The van der Waals surface area contributed by atoms with Gasteiger partial charge < -0.3 is 10.3 Å². The number of fused-ring (bicyclic) bond motifs is 1. The number of aryl methyl sites for hydroxylation is 2. The third-order valence-corrected chi connectivity index (χ3v) is 5.03. The number of Topliss-reactive ketones (excluding diaryl/α,β-unsaturated/α-hetero) is 1. The van der Waals surface area contributed by atoms with Crippen LogP contribution < -0.4 is 5.32 Å². The van der Waals surface area contributed by atoms with Gasteiger partial charge in [-0.05, 0) is 45.0 Å². The van der Waals surface area contributed by atoms with E-state index in [1.165, 1.54) is 0 Å². The van der Waals surface area contributed by atoms with Crippen LogP contribution >= 0.6 is 0 Å². The fourth-order valence-electron chi connectivity index (χ4n) is 3.25. The van der Waals surface area contributed by atoms with E-state index < -0.39 is 6.04 Å². The lowest BCUT2D eigenvalue weighted by Crippen LogP contribution is -2.41. The maximum atomic E-state index is 12.9. The highest BCUT2D eigenvalue weighted by molar-refractivity contribution is 6.10. The van der Waals surface area contributed by atoms with Crippen molar-refractivity contribution in [2.75, 3.05) is 18.9 Å². The summed E-state index contributed by atoms with van der Waals surface area (Å²) in [5.74, 6) is -0.136. The maximum absolute atomic E-state index is 12.9. The Kier molecular flexibility index (Phi) is 5.42. The molecule has 0 bridgehead atoms. The molecule has 5 nitrogen and oxygen atoms in total. The van der Waals surface area contributed by atoms with Crippen molar-refractivity contribution in [1.29, 1.82) is 0 Å². The number of para-hydroxylation sites is 2. The number of nitrogens with zero attached hydrogens (tertiary/aromatic N) is 1. The molecule has 0 radical (unpaired) electrons. The molecule has 0 aliphatic carbocycles. The number of likely N-dealkylation sites (N-methyl/N-ethyl adjacent to an activating group) is 1. The van der Waals surface area contributed by atoms with Crippen molar-refractivity contribution in [2.24, 2.45) is 0 Å². The summed E-state index contributed by atoms with van der Waals surface area (Å²) in [5.41, 5.74) is 4.47. The Balaban J connectivity index is 1.69. The number of carbonyl (C=O) groups is 2. The number of hydrogen-bond donors (Lipinski definition) is 2. The van der Waals surface area contributed by atoms with Gasteiger partial charge in [0, 0.05) is 28.4 Å². The SMILES string of the molecule is Cc1cccc(C)c1NC(=O)CN(C)C(C)C(=O)c1c[nH]c2ccccc12. The lowest BCUT2D eigenvalue weighted by atomic mass is 10.0. The molecule has 1 unspecified atom stereocenters. The van der Waals surface area contributed by atoms with E-state index in [9.17, 15) is 9.59 Å². The standard InChI is InChI=1S/C22H25N3O2/c1-14-8-7-9-15(2)21(14)24-20(26)13-25(4)16(3)22(27)18-12-23-19-11-6-5-10-17(18)19/h5-12,16,23H,13H2,1-4H3,(H,24,26). The maximum Gasteiger partial charge on any atom is 0.238 e. The van der Waals surface area contributed by atoms with Gasteiger partial charge >= 0.3 is 0 Å². The first-order valence-electron chi connectivity index (χ1n) is 9.05. The van der Waals surface area contributed by atoms with Crippen LogP contribution in [0.3, 0.4) is 0 Å². The van der Waals surface area contributed by atoms with Crippen molar-refractivity contribution in [3.8, 4) is 0 Å². The molecule has 5 heteroatoms. The van der Waals surface area contributed by atoms with E-state index in [1.807, 2.05) is 63.2 Å². The Hall–Kier alpha value is -2.92. The first-order valence-corrected chi connectivity index (χ1v) is 9.05. The summed E-state index contributed by atoms with van der Waals surface area (Å²) in [6, 6.07) is 13.2. The molecule has 1 atom stereocenters. The number of aromatic amines is 1. The number of amides is 1. The number of benzene rings is 2. The minimum atomic E-state index is -0.409. The van der Waals surface area contributed by atoms with Crippen LogP contribution in [0.5, 0.6) is 0 Å².